The first-order valence-corrected chi connectivity index (χ1v) is 6.04. The van der Waals surface area contributed by atoms with E-state index in [9.17, 15) is 9.59 Å². The molecule has 0 radical (unpaired) electrons. The van der Waals surface area contributed by atoms with E-state index in [4.69, 9.17) is 5.84 Å². The smallest absolute Gasteiger partial charge is 0.294 e. The van der Waals surface area contributed by atoms with E-state index in [2.05, 4.69) is 10.4 Å². The maximum absolute atomic E-state index is 11.5. The van der Waals surface area contributed by atoms with Gasteiger partial charge < -0.3 is 0 Å². The van der Waals surface area contributed by atoms with Crippen molar-refractivity contribution < 1.29 is 4.79 Å². The van der Waals surface area contributed by atoms with Gasteiger partial charge in [-0.3, -0.25) is 14.8 Å². The van der Waals surface area contributed by atoms with Crippen LogP contribution in [0.4, 0.5) is 0 Å². The van der Waals surface area contributed by atoms with Crippen molar-refractivity contribution in [1.29, 1.82) is 0 Å². The van der Waals surface area contributed by atoms with Gasteiger partial charge in [-0.05, 0) is 24.6 Å². The highest BCUT2D eigenvalue weighted by molar-refractivity contribution is 7.14. The number of nitrogens with two attached hydrogens (primary N) is 1. The van der Waals surface area contributed by atoms with Crippen LogP contribution in [0, 0.1) is 6.92 Å². The summed E-state index contributed by atoms with van der Waals surface area (Å²) in [6, 6.07) is 3.47. The summed E-state index contributed by atoms with van der Waals surface area (Å²) >= 11 is 1.30. The van der Waals surface area contributed by atoms with Crippen molar-refractivity contribution in [1.82, 2.24) is 15.0 Å². The average molecular weight is 264 g/mol. The average Bonchev–Trinajstić information content (AvgIpc) is 2.81. The van der Waals surface area contributed by atoms with Gasteiger partial charge in [-0.25, -0.2) is 15.6 Å². The third-order valence-corrected chi connectivity index (χ3v) is 3.40. The molecule has 2 rings (SSSR count). The van der Waals surface area contributed by atoms with Crippen LogP contribution in [-0.2, 0) is 6.54 Å². The fourth-order valence-electron chi connectivity index (χ4n) is 1.50. The van der Waals surface area contributed by atoms with Crippen molar-refractivity contribution in [2.45, 2.75) is 13.5 Å². The van der Waals surface area contributed by atoms with Gasteiger partial charge in [-0.2, -0.15) is 0 Å². The molecule has 1 amide bonds. The van der Waals surface area contributed by atoms with Gasteiger partial charge in [0.2, 0.25) is 0 Å². The lowest BCUT2D eigenvalue weighted by Crippen LogP contribution is -2.29. The van der Waals surface area contributed by atoms with Crippen LogP contribution in [0.25, 0.3) is 0 Å². The second-order valence-electron chi connectivity index (χ2n) is 3.78. The Hall–Kier alpha value is -1.99. The minimum absolute atomic E-state index is 0.307. The summed E-state index contributed by atoms with van der Waals surface area (Å²) in [5.74, 6) is 4.72. The molecule has 6 nitrogen and oxygen atoms in total. The van der Waals surface area contributed by atoms with Gasteiger partial charge in [0.15, 0.2) is 0 Å². The largest absolute Gasteiger partial charge is 0.347 e. The van der Waals surface area contributed by atoms with Crippen LogP contribution in [0.2, 0.25) is 0 Å². The predicted octanol–water partition coefficient (Wildman–Crippen LogP) is 0.265. The van der Waals surface area contributed by atoms with Crippen LogP contribution < -0.4 is 17.0 Å². The van der Waals surface area contributed by atoms with Crippen molar-refractivity contribution in [3.05, 3.63) is 50.3 Å². The summed E-state index contributed by atoms with van der Waals surface area (Å²) in [5, 5.41) is 0. The van der Waals surface area contributed by atoms with E-state index >= 15 is 0 Å². The van der Waals surface area contributed by atoms with Crippen LogP contribution in [0.3, 0.4) is 0 Å². The van der Waals surface area contributed by atoms with E-state index in [0.29, 0.717) is 11.4 Å². The van der Waals surface area contributed by atoms with E-state index in [-0.39, 0.29) is 11.6 Å². The van der Waals surface area contributed by atoms with E-state index < -0.39 is 0 Å². The number of aryl methyl sites for hydroxylation is 1. The molecule has 18 heavy (non-hydrogen) atoms. The third kappa shape index (κ3) is 2.63. The Labute approximate surface area is 107 Å². The third-order valence-electron chi connectivity index (χ3n) is 2.33. The number of thiophene rings is 1. The number of nitrogens with zero attached hydrogens (tertiary/aromatic N) is 2. The Morgan fingerprint density at radius 1 is 1.56 bits per heavy atom. The van der Waals surface area contributed by atoms with Crippen molar-refractivity contribution >= 4 is 17.2 Å². The van der Waals surface area contributed by atoms with E-state index in [1.165, 1.54) is 22.1 Å². The van der Waals surface area contributed by atoms with Gasteiger partial charge in [-0.1, -0.05) is 0 Å². The molecule has 2 heterocycles. The standard InChI is InChI=1S/C11H12N4O2S/c1-7-4-13-11(17)15(5-7)6-8-2-3-9(18-8)10(16)14-12/h2-5H,6,12H2,1H3,(H,14,16). The molecule has 0 spiro atoms. The maximum atomic E-state index is 11.5. The number of hydrogen-bond donors (Lipinski definition) is 2. The molecule has 2 aromatic heterocycles. The first-order valence-electron chi connectivity index (χ1n) is 5.23. The van der Waals surface area contributed by atoms with Crippen molar-refractivity contribution in [3.63, 3.8) is 0 Å². The molecule has 3 N–H and O–H groups in total. The first-order chi connectivity index (χ1) is 8.60. The zero-order valence-electron chi connectivity index (χ0n) is 9.71. The summed E-state index contributed by atoms with van der Waals surface area (Å²) in [7, 11) is 0. The summed E-state index contributed by atoms with van der Waals surface area (Å²) in [6.45, 7) is 2.26. The van der Waals surface area contributed by atoms with Crippen LogP contribution in [0.5, 0.6) is 0 Å². The number of rotatable bonds is 3. The number of amides is 1. The van der Waals surface area contributed by atoms with Gasteiger partial charge in [0, 0.05) is 17.3 Å². The molecule has 7 heteroatoms. The van der Waals surface area contributed by atoms with Crippen LogP contribution in [0.1, 0.15) is 20.1 Å². The van der Waals surface area contributed by atoms with Gasteiger partial charge in [0.25, 0.3) is 5.91 Å². The molecule has 0 saturated heterocycles. The van der Waals surface area contributed by atoms with E-state index in [0.717, 1.165) is 10.4 Å². The molecule has 94 valence electrons. The van der Waals surface area contributed by atoms with Gasteiger partial charge >= 0.3 is 5.69 Å². The monoisotopic (exact) mass is 264 g/mol. The van der Waals surface area contributed by atoms with Crippen molar-refractivity contribution in [2.24, 2.45) is 5.84 Å². The number of carbonyl (C=O) groups excluding carboxylic acids is 1. The molecule has 0 aliphatic carbocycles. The predicted molar refractivity (Wildman–Crippen MR) is 68.3 cm³/mol. The number of nitrogens with one attached hydrogen (secondary N) is 1. The molecule has 0 atom stereocenters. The second kappa shape index (κ2) is 5.11. The number of aromatic nitrogens is 2. The molecule has 0 aliphatic heterocycles. The molecule has 2 aromatic rings. The molecular weight excluding hydrogens is 252 g/mol. The molecule has 0 aliphatic rings. The van der Waals surface area contributed by atoms with Crippen LogP contribution in [-0.4, -0.2) is 15.5 Å². The number of carbonyl (C=O) groups is 1. The zero-order chi connectivity index (χ0) is 13.1. The highest BCUT2D eigenvalue weighted by atomic mass is 32.1. The molecule has 0 saturated carbocycles. The Balaban J connectivity index is 2.24. The quantitative estimate of drug-likeness (QED) is 0.473. The molecular formula is C11H12N4O2S. The fraction of sp³-hybridized carbons (Fsp3) is 0.182. The zero-order valence-corrected chi connectivity index (χ0v) is 10.5. The molecule has 0 fully saturated rings. The minimum Gasteiger partial charge on any atom is -0.294 e. The lowest BCUT2D eigenvalue weighted by molar-refractivity contribution is 0.0957. The van der Waals surface area contributed by atoms with Gasteiger partial charge in [0.1, 0.15) is 0 Å². The molecule has 0 unspecified atom stereocenters. The second-order valence-corrected chi connectivity index (χ2v) is 4.95. The Bertz CT molecular complexity index is 632. The van der Waals surface area contributed by atoms with Crippen LogP contribution in [0.15, 0.2) is 29.3 Å². The summed E-state index contributed by atoms with van der Waals surface area (Å²) < 4.78 is 1.51. The molecule has 0 bridgehead atoms. The fourth-order valence-corrected chi connectivity index (χ4v) is 2.41. The maximum Gasteiger partial charge on any atom is 0.347 e. The van der Waals surface area contributed by atoms with E-state index in [1.807, 2.05) is 6.92 Å². The first kappa shape index (κ1) is 12.5. The highest BCUT2D eigenvalue weighted by Gasteiger charge is 2.08. The van der Waals surface area contributed by atoms with Crippen molar-refractivity contribution in [2.75, 3.05) is 0 Å². The van der Waals surface area contributed by atoms with Gasteiger partial charge in [0.05, 0.1) is 11.4 Å². The Morgan fingerprint density at radius 3 is 3.06 bits per heavy atom. The van der Waals surface area contributed by atoms with Crippen LogP contribution >= 0.6 is 11.3 Å². The summed E-state index contributed by atoms with van der Waals surface area (Å²) in [4.78, 5) is 28.0. The highest BCUT2D eigenvalue weighted by Crippen LogP contribution is 2.16. The number of nitrogen functional groups attached to an aromatic ring is 1. The SMILES string of the molecule is Cc1cnc(=O)n(Cc2ccc(C(=O)NN)s2)c1. The van der Waals surface area contributed by atoms with Gasteiger partial charge in [-0.15, -0.1) is 11.3 Å². The lowest BCUT2D eigenvalue weighted by atomic mass is 10.4. The Morgan fingerprint density at radius 2 is 2.33 bits per heavy atom. The summed E-state index contributed by atoms with van der Waals surface area (Å²) in [5.41, 5.74) is 2.67. The normalized spacial score (nSPS) is 10.3. The number of hydrazine groups is 1. The topological polar surface area (TPSA) is 90.0 Å². The molecule has 0 aromatic carbocycles. The summed E-state index contributed by atoms with van der Waals surface area (Å²) in [6.07, 6.45) is 3.26. The lowest BCUT2D eigenvalue weighted by Gasteiger charge is -2.03. The van der Waals surface area contributed by atoms with Crippen molar-refractivity contribution in [3.8, 4) is 0 Å². The minimum atomic E-state index is -0.332. The number of hydrogen-bond acceptors (Lipinski definition) is 5. The Kier molecular flexibility index (Phi) is 3.54. The van der Waals surface area contributed by atoms with E-state index in [1.54, 1.807) is 18.3 Å².